The summed E-state index contributed by atoms with van der Waals surface area (Å²) >= 11 is 5.40. The van der Waals surface area contributed by atoms with Gasteiger partial charge in [0.2, 0.25) is 0 Å². The number of thiocarbonyl (C=S) groups is 1. The van der Waals surface area contributed by atoms with E-state index in [-0.39, 0.29) is 6.10 Å². The maximum absolute atomic E-state index is 6.13. The number of nitrogens with one attached hydrogen (secondary N) is 1. The lowest BCUT2D eigenvalue weighted by molar-refractivity contribution is -0.0567. The molecular weight excluding hydrogens is 446 g/mol. The van der Waals surface area contributed by atoms with Gasteiger partial charge < -0.3 is 10.1 Å². The average molecular weight is 502 g/mol. The molecule has 0 aromatic carbocycles. The molecule has 0 aromatic heterocycles. The van der Waals surface area contributed by atoms with Crippen molar-refractivity contribution in [2.45, 2.75) is 125 Å². The van der Waals surface area contributed by atoms with E-state index in [4.69, 9.17) is 17.0 Å². The molecule has 4 aliphatic carbocycles. The highest BCUT2D eigenvalue weighted by Crippen LogP contribution is 2.67. The van der Waals surface area contributed by atoms with Crippen LogP contribution in [0.2, 0.25) is 0 Å². The van der Waals surface area contributed by atoms with Gasteiger partial charge in [-0.2, -0.15) is 0 Å². The molecule has 0 radical (unpaired) electrons. The van der Waals surface area contributed by atoms with Gasteiger partial charge >= 0.3 is 0 Å². The third-order valence-electron chi connectivity index (χ3n) is 11.9. The minimum atomic E-state index is 0.265. The molecule has 200 valence electrons. The Morgan fingerprint density at radius 3 is 2.51 bits per heavy atom. The van der Waals surface area contributed by atoms with Gasteiger partial charge in [0.25, 0.3) is 5.17 Å². The molecule has 0 spiro atoms. The lowest BCUT2D eigenvalue weighted by Crippen LogP contribution is -2.51. The van der Waals surface area contributed by atoms with E-state index in [1.165, 1.54) is 57.8 Å². The van der Waals surface area contributed by atoms with Crippen LogP contribution in [0.4, 0.5) is 0 Å². The molecule has 2 nitrogen and oxygen atoms in total. The molecule has 3 saturated carbocycles. The molecule has 0 unspecified atom stereocenters. The first kappa shape index (κ1) is 27.5. The SMILES string of the molecule is CCNC(=S)O[C@H]1CC[C@@]2(C)C(=CC[C@H]3[C@@H]4CC[C@H]([C@@H](C)CC[C@@H](CC)C(C)C)[C@@]4(C)CC[C@@H]32)C1. The van der Waals surface area contributed by atoms with Gasteiger partial charge in [-0.05, 0) is 123 Å². The summed E-state index contributed by atoms with van der Waals surface area (Å²) < 4.78 is 6.13. The highest BCUT2D eigenvalue weighted by atomic mass is 32.1. The Morgan fingerprint density at radius 2 is 1.83 bits per heavy atom. The first-order valence-electron chi connectivity index (χ1n) is 15.3. The summed E-state index contributed by atoms with van der Waals surface area (Å²) in [6.07, 6.45) is 17.8. The zero-order valence-corrected chi connectivity index (χ0v) is 24.8. The monoisotopic (exact) mass is 501 g/mol. The van der Waals surface area contributed by atoms with Crippen molar-refractivity contribution in [3.05, 3.63) is 11.6 Å². The smallest absolute Gasteiger partial charge is 0.256 e. The first-order chi connectivity index (χ1) is 16.6. The van der Waals surface area contributed by atoms with Crippen molar-refractivity contribution in [2.75, 3.05) is 6.54 Å². The number of ether oxygens (including phenoxy) is 1. The van der Waals surface area contributed by atoms with Crippen molar-refractivity contribution in [1.82, 2.24) is 5.32 Å². The van der Waals surface area contributed by atoms with E-state index in [0.717, 1.165) is 60.8 Å². The van der Waals surface area contributed by atoms with E-state index in [2.05, 4.69) is 59.9 Å². The predicted octanol–water partition coefficient (Wildman–Crippen LogP) is 8.94. The Morgan fingerprint density at radius 1 is 1.06 bits per heavy atom. The van der Waals surface area contributed by atoms with Gasteiger partial charge in [-0.15, -0.1) is 0 Å². The van der Waals surface area contributed by atoms with Gasteiger partial charge in [0.15, 0.2) is 0 Å². The number of fused-ring (bicyclic) bond motifs is 5. The van der Waals surface area contributed by atoms with Crippen LogP contribution in [0.15, 0.2) is 11.6 Å². The minimum absolute atomic E-state index is 0.265. The van der Waals surface area contributed by atoms with Crippen molar-refractivity contribution in [2.24, 2.45) is 52.3 Å². The zero-order valence-electron chi connectivity index (χ0n) is 24.0. The molecule has 0 bridgehead atoms. The molecule has 0 amide bonds. The van der Waals surface area contributed by atoms with Crippen LogP contribution in [0.25, 0.3) is 0 Å². The summed E-state index contributed by atoms with van der Waals surface area (Å²) in [5.74, 6) is 6.27. The fourth-order valence-electron chi connectivity index (χ4n) is 9.73. The highest BCUT2D eigenvalue weighted by molar-refractivity contribution is 7.80. The summed E-state index contributed by atoms with van der Waals surface area (Å²) in [4.78, 5) is 0. The summed E-state index contributed by atoms with van der Waals surface area (Å²) in [6.45, 7) is 18.1. The maximum Gasteiger partial charge on any atom is 0.256 e. The standard InChI is InChI=1S/C32H55NOS/c1-8-23(21(3)4)11-10-22(5)27-14-15-28-26-13-12-24-20-25(34-30(35)33-9-2)16-18-31(24,6)29(26)17-19-32(27,28)7/h12,21-23,25-29H,8-11,13-20H2,1-7H3,(H,33,35)/t22-,23+,25-,26-,27+,28-,29-,31-,32+/m0/s1. The Kier molecular flexibility index (Phi) is 8.66. The van der Waals surface area contributed by atoms with E-state index in [1.807, 2.05) is 0 Å². The van der Waals surface area contributed by atoms with Crippen LogP contribution in [0.3, 0.4) is 0 Å². The van der Waals surface area contributed by atoms with E-state index < -0.39 is 0 Å². The van der Waals surface area contributed by atoms with Gasteiger partial charge in [0.05, 0.1) is 0 Å². The van der Waals surface area contributed by atoms with Gasteiger partial charge in [-0.25, -0.2) is 0 Å². The Balaban J connectivity index is 1.43. The van der Waals surface area contributed by atoms with Crippen molar-refractivity contribution in [1.29, 1.82) is 0 Å². The molecule has 0 aliphatic heterocycles. The lowest BCUT2D eigenvalue weighted by atomic mass is 9.47. The van der Waals surface area contributed by atoms with Crippen LogP contribution >= 0.6 is 12.2 Å². The van der Waals surface area contributed by atoms with Crippen molar-refractivity contribution in [3.8, 4) is 0 Å². The van der Waals surface area contributed by atoms with E-state index in [9.17, 15) is 0 Å². The van der Waals surface area contributed by atoms with Crippen LogP contribution in [0, 0.1) is 52.3 Å². The zero-order chi connectivity index (χ0) is 25.4. The Labute approximate surface area is 222 Å². The second kappa shape index (κ2) is 11.0. The predicted molar refractivity (Wildman–Crippen MR) is 153 cm³/mol. The first-order valence-corrected chi connectivity index (χ1v) is 15.7. The number of allylic oxidation sites excluding steroid dienone is 1. The van der Waals surface area contributed by atoms with Crippen LogP contribution < -0.4 is 5.32 Å². The van der Waals surface area contributed by atoms with Gasteiger partial charge in [-0.3, -0.25) is 0 Å². The van der Waals surface area contributed by atoms with Crippen LogP contribution in [0.5, 0.6) is 0 Å². The van der Waals surface area contributed by atoms with Gasteiger partial charge in [-0.1, -0.05) is 66.0 Å². The summed E-state index contributed by atoms with van der Waals surface area (Å²) in [6, 6.07) is 0. The Bertz CT molecular complexity index is 776. The molecule has 4 aliphatic rings. The maximum atomic E-state index is 6.13. The van der Waals surface area contributed by atoms with Gasteiger partial charge in [0, 0.05) is 13.0 Å². The van der Waals surface area contributed by atoms with Crippen LogP contribution in [-0.4, -0.2) is 17.8 Å². The second-order valence-electron chi connectivity index (χ2n) is 13.8. The van der Waals surface area contributed by atoms with Crippen LogP contribution in [-0.2, 0) is 4.74 Å². The fraction of sp³-hybridized carbons (Fsp3) is 0.906. The molecule has 3 fully saturated rings. The lowest BCUT2D eigenvalue weighted by Gasteiger charge is -2.58. The number of hydrogen-bond donors (Lipinski definition) is 1. The van der Waals surface area contributed by atoms with Crippen molar-refractivity contribution < 1.29 is 4.74 Å². The number of rotatable bonds is 8. The molecule has 4 rings (SSSR count). The molecule has 1 N–H and O–H groups in total. The average Bonchev–Trinajstić information content (AvgIpc) is 3.17. The molecular formula is C32H55NOS. The molecule has 0 heterocycles. The quantitative estimate of drug-likeness (QED) is 0.265. The largest absolute Gasteiger partial charge is 0.467 e. The second-order valence-corrected chi connectivity index (χ2v) is 14.1. The molecule has 0 aromatic rings. The topological polar surface area (TPSA) is 21.3 Å². The third kappa shape index (κ3) is 5.23. The molecule has 3 heteroatoms. The molecule has 0 saturated heterocycles. The third-order valence-corrected chi connectivity index (χ3v) is 12.1. The molecule has 35 heavy (non-hydrogen) atoms. The minimum Gasteiger partial charge on any atom is -0.467 e. The van der Waals surface area contributed by atoms with Crippen molar-refractivity contribution >= 4 is 17.4 Å². The van der Waals surface area contributed by atoms with E-state index in [0.29, 0.717) is 16.0 Å². The van der Waals surface area contributed by atoms with Crippen LogP contribution in [0.1, 0.15) is 119 Å². The number of hydrogen-bond acceptors (Lipinski definition) is 2. The van der Waals surface area contributed by atoms with E-state index >= 15 is 0 Å². The highest BCUT2D eigenvalue weighted by Gasteiger charge is 2.59. The van der Waals surface area contributed by atoms with E-state index in [1.54, 1.807) is 5.57 Å². The normalized spacial score (nSPS) is 40.2. The van der Waals surface area contributed by atoms with Gasteiger partial charge in [0.1, 0.15) is 6.10 Å². The fourth-order valence-corrected chi connectivity index (χ4v) is 10.0. The summed E-state index contributed by atoms with van der Waals surface area (Å²) in [5, 5.41) is 3.77. The Hall–Kier alpha value is -0.570. The molecule has 9 atom stereocenters. The summed E-state index contributed by atoms with van der Waals surface area (Å²) in [5.41, 5.74) is 2.65. The summed E-state index contributed by atoms with van der Waals surface area (Å²) in [7, 11) is 0. The van der Waals surface area contributed by atoms with Crippen molar-refractivity contribution in [3.63, 3.8) is 0 Å².